The Kier molecular flexibility index (Phi) is 3.21. The average Bonchev–Trinajstić information content (AvgIpc) is 2.38. The molecule has 2 N–H and O–H groups in total. The van der Waals surface area contributed by atoms with Gasteiger partial charge in [0.15, 0.2) is 0 Å². The number of pyridine rings is 1. The van der Waals surface area contributed by atoms with E-state index in [1.807, 2.05) is 24.3 Å². The van der Waals surface area contributed by atoms with Gasteiger partial charge in [-0.3, -0.25) is 14.6 Å². The van der Waals surface area contributed by atoms with Gasteiger partial charge < -0.3 is 10.4 Å². The zero-order chi connectivity index (χ0) is 14.0. The Bertz CT molecular complexity index is 650. The summed E-state index contributed by atoms with van der Waals surface area (Å²) in [4.78, 5) is 27.1. The molecule has 0 aliphatic rings. The molecule has 1 heterocycles. The number of nitrogens with zero attached hydrogens (tertiary/aromatic N) is 1. The summed E-state index contributed by atoms with van der Waals surface area (Å²) in [6, 6.07) is 9.25. The van der Waals surface area contributed by atoms with Gasteiger partial charge in [0.25, 0.3) is 0 Å². The van der Waals surface area contributed by atoms with Crippen LogP contribution in [-0.4, -0.2) is 22.0 Å². The number of hydrogen-bond donors (Lipinski definition) is 2. The molecule has 0 spiro atoms. The molecule has 0 saturated heterocycles. The number of amides is 1. The zero-order valence-electron chi connectivity index (χ0n) is 10.7. The van der Waals surface area contributed by atoms with Crippen LogP contribution < -0.4 is 5.32 Å². The third-order valence-electron chi connectivity index (χ3n) is 2.95. The Hall–Kier alpha value is -2.43. The second-order valence-corrected chi connectivity index (χ2v) is 4.80. The molecule has 0 radical (unpaired) electrons. The summed E-state index contributed by atoms with van der Waals surface area (Å²) in [7, 11) is 0. The Balaban J connectivity index is 2.27. The molecule has 2 aromatic rings. The van der Waals surface area contributed by atoms with E-state index in [1.54, 1.807) is 6.07 Å². The number of rotatable bonds is 3. The Morgan fingerprint density at radius 3 is 2.63 bits per heavy atom. The lowest BCUT2D eigenvalue weighted by Gasteiger charge is -2.18. The molecule has 19 heavy (non-hydrogen) atoms. The third-order valence-corrected chi connectivity index (χ3v) is 2.95. The Morgan fingerprint density at radius 1 is 1.26 bits per heavy atom. The first kappa shape index (κ1) is 13.0. The fourth-order valence-corrected chi connectivity index (χ4v) is 1.52. The first-order chi connectivity index (χ1) is 8.91. The first-order valence-corrected chi connectivity index (χ1v) is 5.81. The van der Waals surface area contributed by atoms with Crippen molar-refractivity contribution >= 4 is 28.5 Å². The van der Waals surface area contributed by atoms with E-state index in [0.717, 1.165) is 10.9 Å². The van der Waals surface area contributed by atoms with Gasteiger partial charge in [0, 0.05) is 5.39 Å². The summed E-state index contributed by atoms with van der Waals surface area (Å²) in [5, 5.41) is 12.4. The minimum Gasteiger partial charge on any atom is -0.480 e. The second-order valence-electron chi connectivity index (χ2n) is 4.80. The number of nitrogens with one attached hydrogen (secondary N) is 1. The summed E-state index contributed by atoms with van der Waals surface area (Å²) in [6.45, 7) is 2.72. The van der Waals surface area contributed by atoms with E-state index < -0.39 is 17.3 Å². The predicted octanol–water partition coefficient (Wildman–Crippen LogP) is 2.28. The highest BCUT2D eigenvalue weighted by Gasteiger charge is 2.36. The van der Waals surface area contributed by atoms with Gasteiger partial charge in [-0.25, -0.2) is 0 Å². The third kappa shape index (κ3) is 2.54. The normalized spacial score (nSPS) is 11.3. The highest BCUT2D eigenvalue weighted by molar-refractivity contribution is 6.07. The van der Waals surface area contributed by atoms with Crippen molar-refractivity contribution in [1.82, 2.24) is 4.98 Å². The van der Waals surface area contributed by atoms with Gasteiger partial charge in [0.05, 0.1) is 17.4 Å². The fourth-order valence-electron chi connectivity index (χ4n) is 1.52. The number of aromatic nitrogens is 1. The summed E-state index contributed by atoms with van der Waals surface area (Å²) >= 11 is 0. The molecule has 1 aromatic heterocycles. The predicted molar refractivity (Wildman–Crippen MR) is 71.8 cm³/mol. The van der Waals surface area contributed by atoms with Crippen LogP contribution in [0.3, 0.4) is 0 Å². The van der Waals surface area contributed by atoms with Crippen molar-refractivity contribution in [2.45, 2.75) is 13.8 Å². The lowest BCUT2D eigenvalue weighted by atomic mass is 9.92. The van der Waals surface area contributed by atoms with Gasteiger partial charge in [-0.05, 0) is 26.0 Å². The van der Waals surface area contributed by atoms with Crippen LogP contribution in [0.25, 0.3) is 10.9 Å². The van der Waals surface area contributed by atoms with Gasteiger partial charge in [-0.1, -0.05) is 18.2 Å². The molecule has 0 aliphatic carbocycles. The van der Waals surface area contributed by atoms with Crippen LogP contribution in [0.2, 0.25) is 0 Å². The smallest absolute Gasteiger partial charge is 0.318 e. The van der Waals surface area contributed by atoms with Crippen molar-refractivity contribution in [2.24, 2.45) is 5.41 Å². The number of carbonyl (C=O) groups excluding carboxylic acids is 1. The molecule has 5 heteroatoms. The molecule has 0 saturated carbocycles. The standard InChI is InChI=1S/C14H14N2O3/c1-14(2,13(18)19)12(17)16-10-7-9-5-3-4-6-11(9)15-8-10/h3-8H,1-2H3,(H,16,17)(H,18,19). The monoisotopic (exact) mass is 258 g/mol. The number of carboxylic acids is 1. The Morgan fingerprint density at radius 2 is 1.95 bits per heavy atom. The van der Waals surface area contributed by atoms with Gasteiger partial charge >= 0.3 is 5.97 Å². The molecule has 2 rings (SSSR count). The maximum absolute atomic E-state index is 11.9. The van der Waals surface area contributed by atoms with Crippen LogP contribution in [0.15, 0.2) is 36.5 Å². The van der Waals surface area contributed by atoms with E-state index in [9.17, 15) is 9.59 Å². The first-order valence-electron chi connectivity index (χ1n) is 5.81. The van der Waals surface area contributed by atoms with E-state index in [4.69, 9.17) is 5.11 Å². The number of hydrogen-bond acceptors (Lipinski definition) is 3. The molecule has 0 atom stereocenters. The van der Waals surface area contributed by atoms with Crippen LogP contribution in [0.5, 0.6) is 0 Å². The van der Waals surface area contributed by atoms with Crippen LogP contribution in [0, 0.1) is 5.41 Å². The van der Waals surface area contributed by atoms with Crippen molar-refractivity contribution in [1.29, 1.82) is 0 Å². The summed E-state index contributed by atoms with van der Waals surface area (Å²) in [5.74, 6) is -1.74. The molecule has 0 fully saturated rings. The van der Waals surface area contributed by atoms with Crippen LogP contribution >= 0.6 is 0 Å². The number of aliphatic carboxylic acids is 1. The van der Waals surface area contributed by atoms with E-state index in [-0.39, 0.29) is 0 Å². The molecule has 0 aliphatic heterocycles. The molecular formula is C14H14N2O3. The SMILES string of the molecule is CC(C)(C(=O)O)C(=O)Nc1cnc2ccccc2c1. The van der Waals surface area contributed by atoms with Crippen molar-refractivity contribution < 1.29 is 14.7 Å². The lowest BCUT2D eigenvalue weighted by Crippen LogP contribution is -2.37. The number of para-hydroxylation sites is 1. The van der Waals surface area contributed by atoms with Gasteiger partial charge in [-0.2, -0.15) is 0 Å². The van der Waals surface area contributed by atoms with Crippen molar-refractivity contribution in [3.8, 4) is 0 Å². The van der Waals surface area contributed by atoms with Gasteiger partial charge in [0.2, 0.25) is 5.91 Å². The maximum atomic E-state index is 11.9. The minimum absolute atomic E-state index is 0.484. The molecular weight excluding hydrogens is 244 g/mol. The Labute approximate surface area is 110 Å². The summed E-state index contributed by atoms with van der Waals surface area (Å²) < 4.78 is 0. The number of fused-ring (bicyclic) bond motifs is 1. The lowest BCUT2D eigenvalue weighted by molar-refractivity contribution is -0.151. The fraction of sp³-hybridized carbons (Fsp3) is 0.214. The van der Waals surface area contributed by atoms with Crippen LogP contribution in [-0.2, 0) is 9.59 Å². The van der Waals surface area contributed by atoms with Crippen LogP contribution in [0.4, 0.5) is 5.69 Å². The van der Waals surface area contributed by atoms with Crippen molar-refractivity contribution in [3.05, 3.63) is 36.5 Å². The van der Waals surface area contributed by atoms with E-state index in [1.165, 1.54) is 20.0 Å². The summed E-state index contributed by atoms with van der Waals surface area (Å²) in [5.41, 5.74) is -0.179. The number of carboxylic acid groups (broad SMARTS) is 1. The number of benzene rings is 1. The molecule has 1 aromatic carbocycles. The van der Waals surface area contributed by atoms with Crippen molar-refractivity contribution in [3.63, 3.8) is 0 Å². The topological polar surface area (TPSA) is 79.3 Å². The molecule has 5 nitrogen and oxygen atoms in total. The number of carbonyl (C=O) groups is 2. The quantitative estimate of drug-likeness (QED) is 0.828. The average molecular weight is 258 g/mol. The minimum atomic E-state index is -1.48. The van der Waals surface area contributed by atoms with Gasteiger partial charge in [0.1, 0.15) is 5.41 Å². The van der Waals surface area contributed by atoms with E-state index in [2.05, 4.69) is 10.3 Å². The molecule has 0 unspecified atom stereocenters. The zero-order valence-corrected chi connectivity index (χ0v) is 10.7. The van der Waals surface area contributed by atoms with Gasteiger partial charge in [-0.15, -0.1) is 0 Å². The molecule has 1 amide bonds. The highest BCUT2D eigenvalue weighted by atomic mass is 16.4. The van der Waals surface area contributed by atoms with Crippen molar-refractivity contribution in [2.75, 3.05) is 5.32 Å². The maximum Gasteiger partial charge on any atom is 0.318 e. The van der Waals surface area contributed by atoms with Crippen LogP contribution in [0.1, 0.15) is 13.8 Å². The highest BCUT2D eigenvalue weighted by Crippen LogP contribution is 2.21. The molecule has 0 bridgehead atoms. The largest absolute Gasteiger partial charge is 0.480 e. The van der Waals surface area contributed by atoms with E-state index >= 15 is 0 Å². The second kappa shape index (κ2) is 4.68. The molecule has 98 valence electrons. The number of anilines is 1. The van der Waals surface area contributed by atoms with E-state index in [0.29, 0.717) is 5.69 Å². The summed E-state index contributed by atoms with van der Waals surface area (Å²) in [6.07, 6.45) is 1.51.